The highest BCUT2D eigenvalue weighted by atomic mass is 32.2. The van der Waals surface area contributed by atoms with Crippen LogP contribution in [0.1, 0.15) is 54.5 Å². The lowest BCUT2D eigenvalue weighted by atomic mass is 9.99. The van der Waals surface area contributed by atoms with E-state index in [0.29, 0.717) is 5.56 Å². The molecular formula is C22H25N5O3S. The number of nitrogens with zero attached hydrogens (tertiary/aromatic N) is 3. The normalized spacial score (nSPS) is 16.6. The van der Waals surface area contributed by atoms with E-state index in [1.807, 2.05) is 0 Å². The van der Waals surface area contributed by atoms with Crippen molar-refractivity contribution in [3.8, 4) is 6.19 Å². The Balaban J connectivity index is 1.66. The molecular weight excluding hydrogens is 414 g/mol. The lowest BCUT2D eigenvalue weighted by Crippen LogP contribution is -2.35. The lowest BCUT2D eigenvalue weighted by molar-refractivity contribution is 0.0780. The summed E-state index contributed by atoms with van der Waals surface area (Å²) in [5.41, 5.74) is 4.79. The molecule has 0 saturated carbocycles. The van der Waals surface area contributed by atoms with Gasteiger partial charge in [-0.15, -0.1) is 0 Å². The van der Waals surface area contributed by atoms with Gasteiger partial charge in [0.15, 0.2) is 9.92 Å². The number of urea groups is 1. The average Bonchev–Trinajstić information content (AvgIpc) is 3.36. The van der Waals surface area contributed by atoms with Gasteiger partial charge in [-0.3, -0.25) is 4.98 Å². The van der Waals surface area contributed by atoms with Crippen LogP contribution in [0.5, 0.6) is 0 Å². The first-order valence-corrected chi connectivity index (χ1v) is 11.8. The zero-order valence-corrected chi connectivity index (χ0v) is 18.4. The number of hydrogen-bond acceptors (Lipinski definition) is 6. The first kappa shape index (κ1) is 21.3. The molecule has 2 aliphatic rings. The Morgan fingerprint density at radius 3 is 2.39 bits per heavy atom. The summed E-state index contributed by atoms with van der Waals surface area (Å²) in [4.78, 5) is 17.0. The molecule has 0 spiro atoms. The van der Waals surface area contributed by atoms with E-state index in [0.717, 1.165) is 55.3 Å². The maximum atomic E-state index is 13.5. The molecule has 9 heteroatoms. The molecule has 4 rings (SSSR count). The molecule has 2 aliphatic carbocycles. The van der Waals surface area contributed by atoms with Crippen LogP contribution in [0, 0.1) is 11.5 Å². The number of aromatic nitrogens is 1. The van der Waals surface area contributed by atoms with Crippen LogP contribution in [-0.4, -0.2) is 20.3 Å². The zero-order valence-electron chi connectivity index (χ0n) is 17.6. The molecule has 0 fully saturated rings. The van der Waals surface area contributed by atoms with Crippen molar-refractivity contribution in [2.75, 3.05) is 5.32 Å². The van der Waals surface area contributed by atoms with Crippen LogP contribution in [-0.2, 0) is 41.2 Å². The van der Waals surface area contributed by atoms with Gasteiger partial charge in [-0.1, -0.05) is 10.4 Å². The second-order valence-electron chi connectivity index (χ2n) is 8.48. The largest absolute Gasteiger partial charge is 0.386 e. The number of carbonyl (C=O) groups excluding carboxylic acids is 1. The summed E-state index contributed by atoms with van der Waals surface area (Å²) in [5.74, 6) is 0. The van der Waals surface area contributed by atoms with Crippen molar-refractivity contribution in [1.29, 1.82) is 5.26 Å². The second-order valence-corrected chi connectivity index (χ2v) is 10.4. The molecule has 1 heterocycles. The fourth-order valence-corrected chi connectivity index (χ4v) is 5.51. The average molecular weight is 440 g/mol. The molecule has 0 aliphatic heterocycles. The van der Waals surface area contributed by atoms with Crippen LogP contribution < -0.4 is 10.0 Å². The Hall–Kier alpha value is -2.96. The van der Waals surface area contributed by atoms with Crippen molar-refractivity contribution in [2.24, 2.45) is 4.36 Å². The van der Waals surface area contributed by atoms with Crippen molar-refractivity contribution in [1.82, 2.24) is 9.71 Å². The molecule has 1 unspecified atom stereocenters. The quantitative estimate of drug-likeness (QED) is 0.630. The van der Waals surface area contributed by atoms with Crippen LogP contribution in [0.3, 0.4) is 0 Å². The molecule has 1 atom stereocenters. The number of aryl methyl sites for hydroxylation is 2. The topological polar surface area (TPSA) is 127 Å². The van der Waals surface area contributed by atoms with Crippen LogP contribution in [0.25, 0.3) is 0 Å². The highest BCUT2D eigenvalue weighted by molar-refractivity contribution is 7.92. The predicted octanol–water partition coefficient (Wildman–Crippen LogP) is 3.33. The van der Waals surface area contributed by atoms with E-state index >= 15 is 0 Å². The first-order valence-electron chi connectivity index (χ1n) is 10.3. The smallest absolute Gasteiger partial charge is 0.331 e. The number of anilines is 1. The first-order chi connectivity index (χ1) is 14.7. The minimum Gasteiger partial charge on any atom is -0.386 e. The van der Waals surface area contributed by atoms with Gasteiger partial charge < -0.3 is 10.4 Å². The van der Waals surface area contributed by atoms with E-state index in [-0.39, 0.29) is 4.90 Å². The number of rotatable bonds is 4. The number of hydrogen-bond donors (Lipinski definition) is 3. The second kappa shape index (κ2) is 7.94. The van der Waals surface area contributed by atoms with Gasteiger partial charge in [0, 0.05) is 23.6 Å². The summed E-state index contributed by atoms with van der Waals surface area (Å²) in [5, 5.41) is 22.3. The zero-order chi connectivity index (χ0) is 22.2. The number of aliphatic hydroxyl groups is 1. The number of carbonyl (C=O) groups is 1. The fraction of sp³-hybridized carbons (Fsp3) is 0.409. The minimum absolute atomic E-state index is 0.0485. The standard InChI is InChI=1S/C22H25N5O3S/c1-22(2,29)16-10-17(12-24-11-16)31(30,25-13-23)27-21(28)26-20-18-7-3-5-14(18)9-15-6-4-8-19(15)20/h9-12,29H,3-8H2,1-2H3,(H2,25,26,27,28,30). The fourth-order valence-electron chi connectivity index (χ4n) is 4.33. The highest BCUT2D eigenvalue weighted by Crippen LogP contribution is 2.38. The van der Waals surface area contributed by atoms with Gasteiger partial charge in [0.2, 0.25) is 6.19 Å². The van der Waals surface area contributed by atoms with Crippen molar-refractivity contribution < 1.29 is 14.1 Å². The summed E-state index contributed by atoms with van der Waals surface area (Å²) in [6.07, 6.45) is 10.1. The van der Waals surface area contributed by atoms with Gasteiger partial charge in [0.1, 0.15) is 0 Å². The van der Waals surface area contributed by atoms with Gasteiger partial charge in [0.25, 0.3) is 0 Å². The number of amides is 2. The summed E-state index contributed by atoms with van der Waals surface area (Å²) in [6.45, 7) is 3.13. The molecule has 0 saturated heterocycles. The lowest BCUT2D eigenvalue weighted by Gasteiger charge is -2.19. The van der Waals surface area contributed by atoms with E-state index in [9.17, 15) is 14.1 Å². The maximum Gasteiger partial charge on any atom is 0.331 e. The molecule has 1 aromatic carbocycles. The molecule has 3 N–H and O–H groups in total. The SMILES string of the molecule is CC(C)(O)c1cncc(S(=O)(=NC#N)NC(=O)Nc2c3c(cc4c2CCC4)CCC3)c1. The molecule has 0 bridgehead atoms. The molecule has 31 heavy (non-hydrogen) atoms. The van der Waals surface area contributed by atoms with Crippen molar-refractivity contribution in [3.05, 3.63) is 52.3 Å². The van der Waals surface area contributed by atoms with E-state index in [1.165, 1.54) is 35.8 Å². The van der Waals surface area contributed by atoms with E-state index < -0.39 is 21.5 Å². The van der Waals surface area contributed by atoms with Crippen molar-refractivity contribution in [3.63, 3.8) is 0 Å². The van der Waals surface area contributed by atoms with Gasteiger partial charge in [-0.05, 0) is 80.7 Å². The van der Waals surface area contributed by atoms with Gasteiger partial charge in [0.05, 0.1) is 10.5 Å². The molecule has 2 aromatic rings. The predicted molar refractivity (Wildman–Crippen MR) is 117 cm³/mol. The summed E-state index contributed by atoms with van der Waals surface area (Å²) >= 11 is 0. The van der Waals surface area contributed by atoms with E-state index in [1.54, 1.807) is 13.8 Å². The van der Waals surface area contributed by atoms with Crippen LogP contribution in [0.4, 0.5) is 10.5 Å². The number of pyridine rings is 1. The number of nitrogens with one attached hydrogen (secondary N) is 2. The Kier molecular flexibility index (Phi) is 5.45. The minimum atomic E-state index is -3.62. The Morgan fingerprint density at radius 1 is 1.16 bits per heavy atom. The van der Waals surface area contributed by atoms with Gasteiger partial charge in [-0.25, -0.2) is 13.7 Å². The molecule has 1 aromatic heterocycles. The monoisotopic (exact) mass is 439 g/mol. The maximum absolute atomic E-state index is 13.5. The molecule has 0 radical (unpaired) electrons. The number of nitriles is 1. The number of benzene rings is 1. The van der Waals surface area contributed by atoms with E-state index in [4.69, 9.17) is 5.26 Å². The molecule has 2 amide bonds. The Morgan fingerprint density at radius 2 is 1.81 bits per heavy atom. The summed E-state index contributed by atoms with van der Waals surface area (Å²) in [6, 6.07) is 3.01. The Bertz CT molecular complexity index is 1180. The van der Waals surface area contributed by atoms with E-state index in [2.05, 4.69) is 25.5 Å². The van der Waals surface area contributed by atoms with Gasteiger partial charge in [-0.2, -0.15) is 5.26 Å². The summed E-state index contributed by atoms with van der Waals surface area (Å²) in [7, 11) is -3.62. The van der Waals surface area contributed by atoms with Crippen LogP contribution >= 0.6 is 0 Å². The summed E-state index contributed by atoms with van der Waals surface area (Å²) < 4.78 is 19.4. The van der Waals surface area contributed by atoms with Crippen LogP contribution in [0.2, 0.25) is 0 Å². The third-order valence-corrected chi connectivity index (χ3v) is 7.51. The van der Waals surface area contributed by atoms with Crippen molar-refractivity contribution in [2.45, 2.75) is 62.9 Å². The highest BCUT2D eigenvalue weighted by Gasteiger charge is 2.27. The Labute approximate surface area is 182 Å². The molecule has 8 nitrogen and oxygen atoms in total. The van der Waals surface area contributed by atoms with Gasteiger partial charge >= 0.3 is 6.03 Å². The third-order valence-electron chi connectivity index (χ3n) is 5.85. The van der Waals surface area contributed by atoms with Crippen LogP contribution in [0.15, 0.2) is 33.8 Å². The third kappa shape index (κ3) is 4.13. The van der Waals surface area contributed by atoms with Crippen molar-refractivity contribution >= 4 is 21.6 Å². The number of fused-ring (bicyclic) bond motifs is 2. The molecule has 162 valence electrons.